The van der Waals surface area contributed by atoms with E-state index in [1.807, 2.05) is 61.8 Å². The molecule has 3 aromatic heterocycles. The van der Waals surface area contributed by atoms with Crippen molar-refractivity contribution in [2.24, 2.45) is 23.3 Å². The Morgan fingerprint density at radius 2 is 0.877 bits per heavy atom. The van der Waals surface area contributed by atoms with Crippen LogP contribution in [-0.2, 0) is 20.7 Å². The molecular formula is C56H88N4O4S. The minimum absolute atomic E-state index is 0.135. The Bertz CT molecular complexity index is 1980. The van der Waals surface area contributed by atoms with Crippen molar-refractivity contribution in [2.45, 2.75) is 221 Å². The number of carbonyl (C=O) groups is 2. The highest BCUT2D eigenvalue weighted by atomic mass is 32.1. The molecule has 2 aliphatic rings. The lowest BCUT2D eigenvalue weighted by molar-refractivity contribution is -0.124. The summed E-state index contributed by atoms with van der Waals surface area (Å²) in [5, 5.41) is 0. The van der Waals surface area contributed by atoms with Crippen molar-refractivity contribution in [3.63, 3.8) is 0 Å². The Kier molecular flexibility index (Phi) is 20.7. The molecule has 8 nitrogen and oxygen atoms in total. The van der Waals surface area contributed by atoms with Crippen molar-refractivity contribution >= 4 is 34.5 Å². The number of fused-ring (bicyclic) bond motifs is 1. The van der Waals surface area contributed by atoms with Crippen LogP contribution in [0.25, 0.3) is 22.0 Å². The second-order valence-electron chi connectivity index (χ2n) is 20.8. The Balaban J connectivity index is 1.61. The Morgan fingerprint density at radius 3 is 1.28 bits per heavy atom. The minimum Gasteiger partial charge on any atom is -0.458 e. The molecule has 4 N–H and O–H groups in total. The molecule has 5 heterocycles. The Hall–Kier alpha value is -3.40. The first-order valence-electron chi connectivity index (χ1n) is 26.2. The van der Waals surface area contributed by atoms with Crippen LogP contribution in [0.1, 0.15) is 232 Å². The lowest BCUT2D eigenvalue weighted by Gasteiger charge is -2.29. The molecule has 0 spiro atoms. The van der Waals surface area contributed by atoms with Crippen LogP contribution >= 0.6 is 11.3 Å². The van der Waals surface area contributed by atoms with Gasteiger partial charge < -0.3 is 30.1 Å². The van der Waals surface area contributed by atoms with Crippen LogP contribution in [0, 0.1) is 11.8 Å². The number of nitrogens with zero attached hydrogens (tertiary/aromatic N) is 2. The summed E-state index contributed by atoms with van der Waals surface area (Å²) >= 11 is 1.62. The molecule has 0 saturated heterocycles. The zero-order chi connectivity index (χ0) is 47.0. The van der Waals surface area contributed by atoms with Crippen LogP contribution in [0.15, 0.2) is 56.4 Å². The van der Waals surface area contributed by atoms with Gasteiger partial charge in [0.05, 0.1) is 21.6 Å². The molecule has 0 fully saturated rings. The van der Waals surface area contributed by atoms with Crippen molar-refractivity contribution in [3.8, 4) is 10.6 Å². The van der Waals surface area contributed by atoms with E-state index in [9.17, 15) is 0 Å². The zero-order valence-electron chi connectivity index (χ0n) is 42.1. The summed E-state index contributed by atoms with van der Waals surface area (Å²) in [5.41, 5.74) is 14.0. The molecular weight excluding hydrogens is 825 g/mol. The van der Waals surface area contributed by atoms with E-state index in [2.05, 4.69) is 39.8 Å². The van der Waals surface area contributed by atoms with Gasteiger partial charge in [-0.15, -0.1) is 11.3 Å². The van der Waals surface area contributed by atoms with Gasteiger partial charge in [-0.3, -0.25) is 9.59 Å². The van der Waals surface area contributed by atoms with E-state index in [0.29, 0.717) is 70.5 Å². The third-order valence-electron chi connectivity index (χ3n) is 13.7. The number of furan rings is 2. The van der Waals surface area contributed by atoms with E-state index in [0.717, 1.165) is 61.1 Å². The van der Waals surface area contributed by atoms with Crippen LogP contribution in [-0.4, -0.2) is 34.7 Å². The molecule has 2 aliphatic heterocycles. The molecule has 65 heavy (non-hydrogen) atoms. The first kappa shape index (κ1) is 52.6. The Labute approximate surface area is 398 Å². The normalized spacial score (nSPS) is 15.7. The minimum atomic E-state index is -0.737. The third-order valence-corrected chi connectivity index (χ3v) is 15.2. The van der Waals surface area contributed by atoms with E-state index in [-0.39, 0.29) is 11.8 Å². The molecule has 0 bridgehead atoms. The number of hydrogen-bond acceptors (Lipinski definition) is 7. The van der Waals surface area contributed by atoms with Gasteiger partial charge >= 0.3 is 0 Å². The highest BCUT2D eigenvalue weighted by Crippen LogP contribution is 2.49. The molecule has 0 saturated carbocycles. The molecule has 5 rings (SSSR count). The molecule has 0 aromatic carbocycles. The van der Waals surface area contributed by atoms with Crippen molar-refractivity contribution in [3.05, 3.63) is 69.7 Å². The molecule has 2 unspecified atom stereocenters. The topological polar surface area (TPSA) is 119 Å². The van der Waals surface area contributed by atoms with Gasteiger partial charge in [0.2, 0.25) is 0 Å². The van der Waals surface area contributed by atoms with Gasteiger partial charge in [0.15, 0.2) is 11.5 Å². The summed E-state index contributed by atoms with van der Waals surface area (Å²) < 4.78 is 13.4. The number of unbranched alkanes of at least 4 members (excludes halogenated alkanes) is 16. The Morgan fingerprint density at radius 1 is 0.492 bits per heavy atom. The largest absolute Gasteiger partial charge is 0.458 e. The fraction of sp³-hybridized carbons (Fsp3) is 0.679. The van der Waals surface area contributed by atoms with Gasteiger partial charge in [-0.1, -0.05) is 156 Å². The van der Waals surface area contributed by atoms with Gasteiger partial charge in [-0.25, -0.2) is 0 Å². The average Bonchev–Trinajstić information content (AvgIpc) is 4.12. The lowest BCUT2D eigenvalue weighted by Crippen LogP contribution is -2.35. The summed E-state index contributed by atoms with van der Waals surface area (Å²) in [7, 11) is 0. The summed E-state index contributed by atoms with van der Waals surface area (Å²) in [6.45, 7) is 18.0. The molecule has 0 aliphatic carbocycles. The SMILES string of the molecule is CCCCCCCCC(CCCCCC)CN1C(=O)C2=C(c3ccc(C(C)(C)N)o3)N(CC(CCCCCC)CCCCCCCC)C(=O)C2=C1c1ccc(-c2ccc(C(C)(C)N)s2)o1. The maximum atomic E-state index is 15.6. The van der Waals surface area contributed by atoms with Crippen molar-refractivity contribution in [1.82, 2.24) is 9.80 Å². The quantitative estimate of drug-likeness (QED) is 0.0588. The molecule has 9 heteroatoms. The van der Waals surface area contributed by atoms with Crippen molar-refractivity contribution in [2.75, 3.05) is 13.1 Å². The van der Waals surface area contributed by atoms with E-state index < -0.39 is 11.1 Å². The van der Waals surface area contributed by atoms with Gasteiger partial charge in [0, 0.05) is 23.5 Å². The van der Waals surface area contributed by atoms with Crippen LogP contribution in [0.4, 0.5) is 0 Å². The van der Waals surface area contributed by atoms with Gasteiger partial charge in [-0.2, -0.15) is 0 Å². The van der Waals surface area contributed by atoms with Gasteiger partial charge in [-0.05, 0) is 102 Å². The number of amides is 2. The maximum Gasteiger partial charge on any atom is 0.261 e. The first-order valence-corrected chi connectivity index (χ1v) is 27.1. The maximum absolute atomic E-state index is 15.6. The van der Waals surface area contributed by atoms with Crippen LogP contribution in [0.5, 0.6) is 0 Å². The highest BCUT2D eigenvalue weighted by Gasteiger charge is 2.51. The lowest BCUT2D eigenvalue weighted by atomic mass is 9.93. The van der Waals surface area contributed by atoms with Crippen LogP contribution in [0.2, 0.25) is 0 Å². The number of carbonyl (C=O) groups excluding carboxylic acids is 2. The summed E-state index contributed by atoms with van der Waals surface area (Å²) in [6.07, 6.45) is 28.4. The zero-order valence-corrected chi connectivity index (χ0v) is 42.9. The van der Waals surface area contributed by atoms with Gasteiger partial charge in [0.1, 0.15) is 22.9 Å². The highest BCUT2D eigenvalue weighted by molar-refractivity contribution is 7.15. The smallest absolute Gasteiger partial charge is 0.261 e. The number of hydrogen-bond donors (Lipinski definition) is 2. The number of thiophene rings is 1. The third kappa shape index (κ3) is 14.5. The molecule has 362 valence electrons. The van der Waals surface area contributed by atoms with Crippen LogP contribution < -0.4 is 11.5 Å². The first-order chi connectivity index (χ1) is 31.2. The van der Waals surface area contributed by atoms with Gasteiger partial charge in [0.25, 0.3) is 11.8 Å². The second kappa shape index (κ2) is 25.7. The van der Waals surface area contributed by atoms with Crippen molar-refractivity contribution in [1.29, 1.82) is 0 Å². The molecule has 2 atom stereocenters. The van der Waals surface area contributed by atoms with E-state index in [1.165, 1.54) is 103 Å². The predicted octanol–water partition coefficient (Wildman–Crippen LogP) is 15.5. The van der Waals surface area contributed by atoms with Crippen molar-refractivity contribution < 1.29 is 18.4 Å². The molecule has 0 radical (unpaired) electrons. The fourth-order valence-corrected chi connectivity index (χ4v) is 10.8. The van der Waals surface area contributed by atoms with E-state index in [1.54, 1.807) is 11.3 Å². The van der Waals surface area contributed by atoms with E-state index >= 15 is 9.59 Å². The molecule has 2 amide bonds. The summed E-state index contributed by atoms with van der Waals surface area (Å²) in [5.74, 6) is 2.72. The van der Waals surface area contributed by atoms with Crippen LogP contribution in [0.3, 0.4) is 0 Å². The second-order valence-corrected chi connectivity index (χ2v) is 21.8. The predicted molar refractivity (Wildman–Crippen MR) is 273 cm³/mol. The number of nitrogens with two attached hydrogens (primary N) is 2. The monoisotopic (exact) mass is 913 g/mol. The summed E-state index contributed by atoms with van der Waals surface area (Å²) in [4.78, 5) is 37.0. The average molecular weight is 913 g/mol. The van der Waals surface area contributed by atoms with E-state index in [4.69, 9.17) is 20.3 Å². The summed E-state index contributed by atoms with van der Waals surface area (Å²) in [6, 6.07) is 11.9. The molecule has 3 aromatic rings. The number of rotatable bonds is 33. The fourth-order valence-electron chi connectivity index (χ4n) is 9.80. The standard InChI is InChI=1S/C56H88N4O4S/c1-9-13-17-21-23-27-31-41(29-25-19-15-11-3)39-59-51(44-34-33-43(63-44)46-36-38-48(65-46)56(7,8)58)49-50(54(59)62)52(45-35-37-47(64-45)55(5,6)57)60(53(49)61)40-42(30-26-20-16-12-4)32-28-24-22-18-14-10-2/h33-38,41-42H,9-32,39-40,57-58H2,1-8H3.